The summed E-state index contributed by atoms with van der Waals surface area (Å²) in [4.78, 5) is 8.70. The second-order valence-electron chi connectivity index (χ2n) is 6.40. The topological polar surface area (TPSA) is 55.9 Å². The van der Waals surface area contributed by atoms with Crippen LogP contribution in [0.25, 0.3) is 44.5 Å². The number of fused-ring (bicyclic) bond motifs is 5. The van der Waals surface area contributed by atoms with Gasteiger partial charge in [-0.2, -0.15) is 4.57 Å². The third kappa shape index (κ3) is 1.99. The van der Waals surface area contributed by atoms with Crippen molar-refractivity contribution in [1.29, 1.82) is 0 Å². The van der Waals surface area contributed by atoms with Gasteiger partial charge in [-0.05, 0) is 43.7 Å². The molecule has 0 N–H and O–H groups in total. The van der Waals surface area contributed by atoms with Gasteiger partial charge in [0.1, 0.15) is 12.6 Å². The normalized spacial score (nSPS) is 11.8. The largest absolute Gasteiger partial charge is 0.452 e. The van der Waals surface area contributed by atoms with Crippen LogP contribution in [0.3, 0.4) is 0 Å². The fourth-order valence-electron chi connectivity index (χ4n) is 3.35. The number of nitrogens with zero attached hydrogens (tertiary/aromatic N) is 3. The molecule has 0 bridgehead atoms. The molecule has 4 heterocycles. The molecule has 0 saturated carbocycles. The van der Waals surface area contributed by atoms with E-state index in [0.29, 0.717) is 5.71 Å². The number of rotatable bonds is 1. The second-order valence-corrected chi connectivity index (χ2v) is 6.40. The van der Waals surface area contributed by atoms with Gasteiger partial charge < -0.3 is 8.83 Å². The summed E-state index contributed by atoms with van der Waals surface area (Å²) >= 11 is 0. The molecule has 0 aliphatic heterocycles. The molecule has 0 aliphatic carbocycles. The van der Waals surface area contributed by atoms with E-state index in [9.17, 15) is 0 Å². The Labute approximate surface area is 143 Å². The minimum Gasteiger partial charge on any atom is -0.452 e. The number of hydrogen-bond acceptors (Lipinski definition) is 4. The lowest BCUT2D eigenvalue weighted by Crippen LogP contribution is -2.30. The standard InChI is InChI=1S/C20H16N3O2/c1-11-8-15-17(9-14(11)16-10-21-6-7-23(16)3)24-18-13-5-4-12(2)22-20(13)25-19(15)18/h4-10H,1-3H3/q+1. The molecule has 5 rings (SSSR count). The lowest BCUT2D eigenvalue weighted by Gasteiger charge is -2.03. The van der Waals surface area contributed by atoms with Crippen LogP contribution in [0.15, 0.2) is 51.7 Å². The molecule has 1 aromatic carbocycles. The molecule has 0 spiro atoms. The van der Waals surface area contributed by atoms with Gasteiger partial charge in [0.05, 0.1) is 28.7 Å². The summed E-state index contributed by atoms with van der Waals surface area (Å²) in [5.41, 5.74) is 7.14. The molecule has 0 saturated heterocycles. The van der Waals surface area contributed by atoms with Crippen LogP contribution in [0.4, 0.5) is 0 Å². The van der Waals surface area contributed by atoms with Gasteiger partial charge in [0.15, 0.2) is 17.4 Å². The monoisotopic (exact) mass is 330 g/mol. The molecule has 4 aromatic heterocycles. The number of aromatic nitrogens is 3. The average Bonchev–Trinajstić information content (AvgIpc) is 3.10. The summed E-state index contributed by atoms with van der Waals surface area (Å²) in [5.74, 6) is 0. The van der Waals surface area contributed by atoms with Gasteiger partial charge >= 0.3 is 0 Å². The maximum Gasteiger partial charge on any atom is 0.231 e. The molecular weight excluding hydrogens is 314 g/mol. The Morgan fingerprint density at radius 3 is 2.68 bits per heavy atom. The minimum atomic E-state index is 0.621. The van der Waals surface area contributed by atoms with Crippen molar-refractivity contribution in [2.75, 3.05) is 0 Å². The molecule has 122 valence electrons. The van der Waals surface area contributed by atoms with Gasteiger partial charge in [-0.25, -0.2) is 4.98 Å². The van der Waals surface area contributed by atoms with Crippen molar-refractivity contribution in [2.24, 2.45) is 7.05 Å². The maximum absolute atomic E-state index is 6.14. The van der Waals surface area contributed by atoms with Gasteiger partial charge in [-0.15, -0.1) is 0 Å². The van der Waals surface area contributed by atoms with Gasteiger partial charge in [0, 0.05) is 5.69 Å². The highest BCUT2D eigenvalue weighted by Gasteiger charge is 2.20. The molecule has 5 aromatic rings. The number of benzene rings is 1. The third-order valence-corrected chi connectivity index (χ3v) is 4.66. The molecule has 0 unspecified atom stereocenters. The smallest absolute Gasteiger partial charge is 0.231 e. The van der Waals surface area contributed by atoms with E-state index in [4.69, 9.17) is 8.83 Å². The first kappa shape index (κ1) is 14.2. The molecule has 25 heavy (non-hydrogen) atoms. The van der Waals surface area contributed by atoms with E-state index in [1.54, 1.807) is 6.20 Å². The zero-order valence-electron chi connectivity index (χ0n) is 14.2. The summed E-state index contributed by atoms with van der Waals surface area (Å²) in [6.45, 7) is 4.04. The lowest BCUT2D eigenvalue weighted by molar-refractivity contribution is -0.660. The van der Waals surface area contributed by atoms with Crippen molar-refractivity contribution < 1.29 is 13.4 Å². The van der Waals surface area contributed by atoms with Crippen molar-refractivity contribution in [2.45, 2.75) is 13.8 Å². The van der Waals surface area contributed by atoms with Crippen molar-refractivity contribution in [3.05, 3.63) is 54.1 Å². The van der Waals surface area contributed by atoms with E-state index in [0.717, 1.165) is 50.0 Å². The predicted molar refractivity (Wildman–Crippen MR) is 95.2 cm³/mol. The van der Waals surface area contributed by atoms with Gasteiger partial charge in [0.2, 0.25) is 11.4 Å². The van der Waals surface area contributed by atoms with Crippen molar-refractivity contribution in [1.82, 2.24) is 9.97 Å². The quantitative estimate of drug-likeness (QED) is 0.432. The second kappa shape index (κ2) is 4.89. The highest BCUT2D eigenvalue weighted by Crippen LogP contribution is 2.38. The average molecular weight is 330 g/mol. The first-order valence-electron chi connectivity index (χ1n) is 8.15. The first-order valence-corrected chi connectivity index (χ1v) is 8.15. The van der Waals surface area contributed by atoms with E-state index in [1.807, 2.05) is 38.5 Å². The summed E-state index contributed by atoms with van der Waals surface area (Å²) in [7, 11) is 2.01. The van der Waals surface area contributed by atoms with Crippen LogP contribution in [-0.2, 0) is 7.05 Å². The maximum atomic E-state index is 6.14. The highest BCUT2D eigenvalue weighted by molar-refractivity contribution is 6.12. The summed E-state index contributed by atoms with van der Waals surface area (Å²) in [6, 6.07) is 8.14. The number of aryl methyl sites for hydroxylation is 3. The molecule has 0 fully saturated rings. The Morgan fingerprint density at radius 1 is 1.00 bits per heavy atom. The Balaban J connectivity index is 1.84. The summed E-state index contributed by atoms with van der Waals surface area (Å²) in [5, 5.41) is 1.88. The Hall–Kier alpha value is -3.21. The molecule has 5 heteroatoms. The molecule has 0 aliphatic rings. The third-order valence-electron chi connectivity index (χ3n) is 4.66. The highest BCUT2D eigenvalue weighted by atomic mass is 16.4. The Morgan fingerprint density at radius 2 is 1.84 bits per heavy atom. The molecule has 0 atom stereocenters. The van der Waals surface area contributed by atoms with Crippen LogP contribution < -0.4 is 4.57 Å². The Bertz CT molecular complexity index is 1280. The molecule has 0 radical (unpaired) electrons. The van der Waals surface area contributed by atoms with Gasteiger partial charge in [-0.1, -0.05) is 0 Å². The summed E-state index contributed by atoms with van der Waals surface area (Å²) in [6.07, 6.45) is 5.58. The van der Waals surface area contributed by atoms with Crippen LogP contribution in [0.1, 0.15) is 11.3 Å². The fourth-order valence-corrected chi connectivity index (χ4v) is 3.35. The number of hydrogen-bond donors (Lipinski definition) is 0. The van der Waals surface area contributed by atoms with Gasteiger partial charge in [-0.3, -0.25) is 4.98 Å². The summed E-state index contributed by atoms with van der Waals surface area (Å²) < 4.78 is 14.2. The molecule has 5 nitrogen and oxygen atoms in total. The van der Waals surface area contributed by atoms with Crippen molar-refractivity contribution >= 4 is 33.2 Å². The van der Waals surface area contributed by atoms with E-state index in [-0.39, 0.29) is 0 Å². The predicted octanol–water partition coefficient (Wildman–Crippen LogP) is 4.23. The molecule has 0 amide bonds. The van der Waals surface area contributed by atoms with Crippen molar-refractivity contribution in [3.63, 3.8) is 0 Å². The van der Waals surface area contributed by atoms with Crippen LogP contribution in [0.2, 0.25) is 0 Å². The van der Waals surface area contributed by atoms with Crippen LogP contribution in [0.5, 0.6) is 0 Å². The zero-order chi connectivity index (χ0) is 17.1. The Kier molecular flexibility index (Phi) is 2.77. The van der Waals surface area contributed by atoms with Crippen LogP contribution in [-0.4, -0.2) is 9.97 Å². The van der Waals surface area contributed by atoms with E-state index < -0.39 is 0 Å². The molecular formula is C20H16N3O2+. The van der Waals surface area contributed by atoms with E-state index in [2.05, 4.69) is 33.6 Å². The SMILES string of the molecule is Cc1ccc2c(n1)oc1c3cc(C)c(-c4cncc[n+]4C)cc3oc21. The number of pyridine rings is 1. The zero-order valence-corrected chi connectivity index (χ0v) is 14.2. The first-order chi connectivity index (χ1) is 12.1. The van der Waals surface area contributed by atoms with E-state index >= 15 is 0 Å². The number of furan rings is 2. The van der Waals surface area contributed by atoms with Crippen molar-refractivity contribution in [3.8, 4) is 11.3 Å². The van der Waals surface area contributed by atoms with Crippen LogP contribution >= 0.6 is 0 Å². The van der Waals surface area contributed by atoms with E-state index in [1.165, 1.54) is 0 Å². The lowest BCUT2D eigenvalue weighted by atomic mass is 10.0. The van der Waals surface area contributed by atoms with Gasteiger partial charge in [0.25, 0.3) is 0 Å². The fraction of sp³-hybridized carbons (Fsp3) is 0.150. The minimum absolute atomic E-state index is 0.621. The van der Waals surface area contributed by atoms with Crippen LogP contribution in [0, 0.1) is 13.8 Å².